The second-order valence-corrected chi connectivity index (χ2v) is 5.43. The molecule has 0 fully saturated rings. The zero-order valence-corrected chi connectivity index (χ0v) is 12.6. The summed E-state index contributed by atoms with van der Waals surface area (Å²) in [5, 5.41) is 11.3. The van der Waals surface area contributed by atoms with Gasteiger partial charge in [-0.15, -0.1) is 0 Å². The highest BCUT2D eigenvalue weighted by Gasteiger charge is 2.05. The smallest absolute Gasteiger partial charge is 0.227 e. The number of aryl methyl sites for hydroxylation is 1. The molecular formula is C18H15N5. The lowest BCUT2D eigenvalue weighted by atomic mass is 10.1. The SMILES string of the molecule is Cc1ccc(Nc2nccc(-c3ccc4cn[nH]c4c3)n2)cc1. The summed E-state index contributed by atoms with van der Waals surface area (Å²) >= 11 is 0. The van der Waals surface area contributed by atoms with Crippen LogP contribution in [-0.4, -0.2) is 20.2 Å². The summed E-state index contributed by atoms with van der Waals surface area (Å²) in [6, 6.07) is 16.2. The van der Waals surface area contributed by atoms with Crippen molar-refractivity contribution in [1.82, 2.24) is 20.2 Å². The van der Waals surface area contributed by atoms with Gasteiger partial charge in [0.2, 0.25) is 5.95 Å². The molecule has 4 rings (SSSR count). The molecule has 5 nitrogen and oxygen atoms in total. The lowest BCUT2D eigenvalue weighted by Gasteiger charge is -2.07. The third-order valence-corrected chi connectivity index (χ3v) is 3.70. The number of benzene rings is 2. The van der Waals surface area contributed by atoms with Crippen LogP contribution in [0.4, 0.5) is 11.6 Å². The molecule has 0 saturated carbocycles. The van der Waals surface area contributed by atoms with Crippen LogP contribution in [0.1, 0.15) is 5.56 Å². The standard InChI is InChI=1S/C18H15N5/c1-12-2-6-15(7-3-12)21-18-19-9-8-16(22-18)13-4-5-14-11-20-23-17(14)10-13/h2-11H,1H3,(H,20,23)(H,19,21,22). The second kappa shape index (κ2) is 5.53. The Hall–Kier alpha value is -3.21. The average Bonchev–Trinajstić information content (AvgIpc) is 3.05. The number of anilines is 2. The molecule has 4 aromatic rings. The van der Waals surface area contributed by atoms with Gasteiger partial charge >= 0.3 is 0 Å². The minimum atomic E-state index is 0.580. The first kappa shape index (κ1) is 13.5. The van der Waals surface area contributed by atoms with Crippen molar-refractivity contribution in [3.63, 3.8) is 0 Å². The van der Waals surface area contributed by atoms with Gasteiger partial charge in [-0.2, -0.15) is 5.10 Å². The van der Waals surface area contributed by atoms with Gasteiger partial charge in [-0.05, 0) is 31.2 Å². The molecule has 0 unspecified atom stereocenters. The van der Waals surface area contributed by atoms with Crippen LogP contribution in [0.5, 0.6) is 0 Å². The van der Waals surface area contributed by atoms with E-state index in [1.54, 1.807) is 6.20 Å². The molecule has 0 atom stereocenters. The number of hydrogen-bond acceptors (Lipinski definition) is 4. The van der Waals surface area contributed by atoms with E-state index in [1.807, 2.05) is 42.6 Å². The average molecular weight is 301 g/mol. The van der Waals surface area contributed by atoms with Crippen LogP contribution >= 0.6 is 0 Å². The fourth-order valence-electron chi connectivity index (χ4n) is 2.44. The van der Waals surface area contributed by atoms with Crippen LogP contribution in [0.3, 0.4) is 0 Å². The Morgan fingerprint density at radius 3 is 2.74 bits per heavy atom. The fraction of sp³-hybridized carbons (Fsp3) is 0.0556. The molecule has 2 aromatic carbocycles. The van der Waals surface area contributed by atoms with Crippen molar-refractivity contribution in [3.05, 3.63) is 66.5 Å². The number of rotatable bonds is 3. The minimum Gasteiger partial charge on any atom is -0.324 e. The van der Waals surface area contributed by atoms with Gasteiger partial charge in [-0.3, -0.25) is 5.10 Å². The normalized spacial score (nSPS) is 10.8. The van der Waals surface area contributed by atoms with E-state index in [1.165, 1.54) is 5.56 Å². The fourth-order valence-corrected chi connectivity index (χ4v) is 2.44. The van der Waals surface area contributed by atoms with E-state index in [0.29, 0.717) is 5.95 Å². The molecule has 2 aromatic heterocycles. The quantitative estimate of drug-likeness (QED) is 0.598. The van der Waals surface area contributed by atoms with Crippen molar-refractivity contribution < 1.29 is 0 Å². The van der Waals surface area contributed by atoms with Crippen molar-refractivity contribution in [2.75, 3.05) is 5.32 Å². The first-order chi connectivity index (χ1) is 11.3. The van der Waals surface area contributed by atoms with Gasteiger partial charge in [0, 0.05) is 22.8 Å². The van der Waals surface area contributed by atoms with Crippen LogP contribution in [0.2, 0.25) is 0 Å². The van der Waals surface area contributed by atoms with Crippen LogP contribution < -0.4 is 5.32 Å². The van der Waals surface area contributed by atoms with E-state index < -0.39 is 0 Å². The molecule has 2 heterocycles. The van der Waals surface area contributed by atoms with Gasteiger partial charge in [0.05, 0.1) is 17.4 Å². The van der Waals surface area contributed by atoms with E-state index in [9.17, 15) is 0 Å². The lowest BCUT2D eigenvalue weighted by molar-refractivity contribution is 1.12. The molecule has 0 aliphatic heterocycles. The molecule has 0 aliphatic rings. The molecule has 0 aliphatic carbocycles. The van der Waals surface area contributed by atoms with Crippen molar-refractivity contribution in [2.45, 2.75) is 6.92 Å². The second-order valence-electron chi connectivity index (χ2n) is 5.43. The van der Waals surface area contributed by atoms with Crippen molar-refractivity contribution in [1.29, 1.82) is 0 Å². The third-order valence-electron chi connectivity index (χ3n) is 3.70. The Morgan fingerprint density at radius 2 is 1.87 bits per heavy atom. The molecule has 0 radical (unpaired) electrons. The number of aromatic nitrogens is 4. The molecule has 0 spiro atoms. The maximum absolute atomic E-state index is 4.60. The van der Waals surface area contributed by atoms with E-state index in [2.05, 4.69) is 44.5 Å². The van der Waals surface area contributed by atoms with Gasteiger partial charge in [-0.1, -0.05) is 29.8 Å². The Labute approximate surface area is 133 Å². The van der Waals surface area contributed by atoms with Crippen LogP contribution in [0, 0.1) is 6.92 Å². The summed E-state index contributed by atoms with van der Waals surface area (Å²) in [6.07, 6.45) is 3.57. The Kier molecular flexibility index (Phi) is 3.24. The first-order valence-electron chi connectivity index (χ1n) is 7.38. The molecule has 112 valence electrons. The molecule has 0 saturated heterocycles. The first-order valence-corrected chi connectivity index (χ1v) is 7.38. The topological polar surface area (TPSA) is 66.5 Å². The molecule has 2 N–H and O–H groups in total. The van der Waals surface area contributed by atoms with Crippen molar-refractivity contribution >= 4 is 22.5 Å². The predicted octanol–water partition coefficient (Wildman–Crippen LogP) is 4.07. The number of aromatic amines is 1. The van der Waals surface area contributed by atoms with Gasteiger partial charge in [-0.25, -0.2) is 9.97 Å². The molecule has 5 heteroatoms. The van der Waals surface area contributed by atoms with Crippen LogP contribution in [-0.2, 0) is 0 Å². The third kappa shape index (κ3) is 2.76. The minimum absolute atomic E-state index is 0.580. The molecular weight excluding hydrogens is 286 g/mol. The van der Waals surface area contributed by atoms with E-state index in [-0.39, 0.29) is 0 Å². The number of fused-ring (bicyclic) bond motifs is 1. The molecule has 23 heavy (non-hydrogen) atoms. The highest BCUT2D eigenvalue weighted by molar-refractivity contribution is 5.83. The van der Waals surface area contributed by atoms with Gasteiger partial charge in [0.25, 0.3) is 0 Å². The van der Waals surface area contributed by atoms with E-state index in [0.717, 1.165) is 27.8 Å². The summed E-state index contributed by atoms with van der Waals surface area (Å²) in [4.78, 5) is 8.89. The number of hydrogen-bond donors (Lipinski definition) is 2. The van der Waals surface area contributed by atoms with Crippen molar-refractivity contribution in [3.8, 4) is 11.3 Å². The number of H-pyrrole nitrogens is 1. The summed E-state index contributed by atoms with van der Waals surface area (Å²) in [5.41, 5.74) is 5.08. The highest BCUT2D eigenvalue weighted by Crippen LogP contribution is 2.23. The Bertz CT molecular complexity index is 956. The monoisotopic (exact) mass is 301 g/mol. The predicted molar refractivity (Wildman–Crippen MR) is 91.6 cm³/mol. The summed E-state index contributed by atoms with van der Waals surface area (Å²) < 4.78 is 0. The summed E-state index contributed by atoms with van der Waals surface area (Å²) in [6.45, 7) is 2.06. The summed E-state index contributed by atoms with van der Waals surface area (Å²) in [5.74, 6) is 0.580. The summed E-state index contributed by atoms with van der Waals surface area (Å²) in [7, 11) is 0. The zero-order valence-electron chi connectivity index (χ0n) is 12.6. The van der Waals surface area contributed by atoms with Gasteiger partial charge < -0.3 is 5.32 Å². The number of nitrogens with zero attached hydrogens (tertiary/aromatic N) is 3. The number of nitrogens with one attached hydrogen (secondary N) is 2. The largest absolute Gasteiger partial charge is 0.324 e. The van der Waals surface area contributed by atoms with Crippen LogP contribution in [0.25, 0.3) is 22.2 Å². The van der Waals surface area contributed by atoms with Gasteiger partial charge in [0.1, 0.15) is 0 Å². The molecule has 0 amide bonds. The maximum atomic E-state index is 4.60. The zero-order chi connectivity index (χ0) is 15.6. The highest BCUT2D eigenvalue weighted by atomic mass is 15.1. The van der Waals surface area contributed by atoms with E-state index >= 15 is 0 Å². The van der Waals surface area contributed by atoms with E-state index in [4.69, 9.17) is 0 Å². The Balaban J connectivity index is 1.66. The maximum Gasteiger partial charge on any atom is 0.227 e. The van der Waals surface area contributed by atoms with Gasteiger partial charge in [0.15, 0.2) is 0 Å². The molecule has 0 bridgehead atoms. The Morgan fingerprint density at radius 1 is 1.00 bits per heavy atom. The van der Waals surface area contributed by atoms with Crippen molar-refractivity contribution in [2.24, 2.45) is 0 Å². The lowest BCUT2D eigenvalue weighted by Crippen LogP contribution is -1.97. The van der Waals surface area contributed by atoms with Crippen LogP contribution in [0.15, 0.2) is 60.9 Å².